The Morgan fingerprint density at radius 2 is 2.17 bits per heavy atom. The van der Waals surface area contributed by atoms with Gasteiger partial charge in [-0.05, 0) is 32.6 Å². The summed E-state index contributed by atoms with van der Waals surface area (Å²) < 4.78 is 7.45. The molecule has 23 heavy (non-hydrogen) atoms. The van der Waals surface area contributed by atoms with E-state index >= 15 is 0 Å². The van der Waals surface area contributed by atoms with Crippen molar-refractivity contribution in [2.75, 3.05) is 31.6 Å². The zero-order chi connectivity index (χ0) is 16.2. The molecule has 0 spiro atoms. The molecule has 0 bridgehead atoms. The first kappa shape index (κ1) is 16.3. The van der Waals surface area contributed by atoms with E-state index < -0.39 is 0 Å². The lowest BCUT2D eigenvalue weighted by molar-refractivity contribution is 0.0633. The van der Waals surface area contributed by atoms with Gasteiger partial charge in [0, 0.05) is 39.3 Å². The van der Waals surface area contributed by atoms with E-state index in [0.717, 1.165) is 50.5 Å². The van der Waals surface area contributed by atoms with Gasteiger partial charge in [0.15, 0.2) is 0 Å². The Morgan fingerprint density at radius 1 is 1.39 bits per heavy atom. The normalized spacial score (nSPS) is 23.1. The van der Waals surface area contributed by atoms with Crippen molar-refractivity contribution in [1.29, 1.82) is 0 Å². The molecule has 0 radical (unpaired) electrons. The van der Waals surface area contributed by atoms with Gasteiger partial charge in [-0.2, -0.15) is 5.10 Å². The fourth-order valence-electron chi connectivity index (χ4n) is 3.30. The van der Waals surface area contributed by atoms with Crippen molar-refractivity contribution in [3.8, 4) is 0 Å². The minimum atomic E-state index is -0.140. The van der Waals surface area contributed by atoms with Crippen molar-refractivity contribution in [1.82, 2.24) is 20.0 Å². The highest BCUT2D eigenvalue weighted by molar-refractivity contribution is 5.89. The Labute approximate surface area is 137 Å². The average molecular weight is 321 g/mol. The Hall–Kier alpha value is -1.60. The number of likely N-dealkylation sites (tertiary alicyclic amines) is 1. The molecule has 1 atom stereocenters. The molecule has 3 rings (SSSR count). The summed E-state index contributed by atoms with van der Waals surface area (Å²) in [5.41, 5.74) is 1.72. The van der Waals surface area contributed by atoms with Crippen LogP contribution in [0.3, 0.4) is 0 Å². The number of anilines is 1. The molecule has 7 nitrogen and oxygen atoms in total. The number of ether oxygens (including phenoxy) is 1. The molecule has 3 heterocycles. The van der Waals surface area contributed by atoms with Crippen LogP contribution in [0.4, 0.5) is 10.5 Å². The molecule has 1 aromatic heterocycles. The fourth-order valence-corrected chi connectivity index (χ4v) is 3.30. The van der Waals surface area contributed by atoms with Crippen molar-refractivity contribution in [2.45, 2.75) is 44.8 Å². The summed E-state index contributed by atoms with van der Waals surface area (Å²) in [6, 6.07) is 0.103. The van der Waals surface area contributed by atoms with E-state index in [1.54, 1.807) is 10.9 Å². The van der Waals surface area contributed by atoms with Gasteiger partial charge >= 0.3 is 6.03 Å². The average Bonchev–Trinajstić information content (AvgIpc) is 3.15. The van der Waals surface area contributed by atoms with Crippen LogP contribution in [0.15, 0.2) is 6.20 Å². The highest BCUT2D eigenvalue weighted by Gasteiger charge is 2.24. The molecule has 2 saturated heterocycles. The van der Waals surface area contributed by atoms with Crippen molar-refractivity contribution < 1.29 is 9.53 Å². The summed E-state index contributed by atoms with van der Waals surface area (Å²) in [7, 11) is 1.86. The van der Waals surface area contributed by atoms with Crippen molar-refractivity contribution in [3.63, 3.8) is 0 Å². The summed E-state index contributed by atoms with van der Waals surface area (Å²) >= 11 is 0. The van der Waals surface area contributed by atoms with Gasteiger partial charge in [-0.25, -0.2) is 4.79 Å². The van der Waals surface area contributed by atoms with Crippen molar-refractivity contribution in [2.24, 2.45) is 7.05 Å². The second-order valence-corrected chi connectivity index (χ2v) is 6.58. The smallest absolute Gasteiger partial charge is 0.319 e. The topological polar surface area (TPSA) is 71.4 Å². The standard InChI is InChI=1S/C16H27N5O2/c1-12-15(10-17-20(12)2)19-16(22)18-13-5-7-21(8-6-13)11-14-4-3-9-23-14/h10,13-14H,3-9,11H2,1-2H3,(H2,18,19,22). The number of nitrogens with one attached hydrogen (secondary N) is 2. The maximum atomic E-state index is 12.1. The second kappa shape index (κ2) is 7.31. The number of hydrogen-bond acceptors (Lipinski definition) is 4. The van der Waals surface area contributed by atoms with Crippen LogP contribution in [-0.4, -0.2) is 59.1 Å². The third-order valence-electron chi connectivity index (χ3n) is 4.89. The van der Waals surface area contributed by atoms with Gasteiger partial charge in [0.25, 0.3) is 0 Å². The Morgan fingerprint density at radius 3 is 2.78 bits per heavy atom. The van der Waals surface area contributed by atoms with Crippen LogP contribution >= 0.6 is 0 Å². The Balaban J connectivity index is 1.39. The number of carbonyl (C=O) groups is 1. The van der Waals surface area contributed by atoms with Gasteiger partial charge in [0.1, 0.15) is 0 Å². The number of hydrogen-bond donors (Lipinski definition) is 2. The van der Waals surface area contributed by atoms with E-state index in [1.807, 2.05) is 14.0 Å². The Kier molecular flexibility index (Phi) is 5.17. The summed E-state index contributed by atoms with van der Waals surface area (Å²) in [5, 5.41) is 10.1. The van der Waals surface area contributed by atoms with Gasteiger partial charge in [-0.15, -0.1) is 0 Å². The minimum Gasteiger partial charge on any atom is -0.377 e. The summed E-state index contributed by atoms with van der Waals surface area (Å²) in [6.45, 7) is 5.93. The monoisotopic (exact) mass is 321 g/mol. The predicted molar refractivity (Wildman–Crippen MR) is 88.5 cm³/mol. The minimum absolute atomic E-state index is 0.140. The number of carbonyl (C=O) groups excluding carboxylic acids is 1. The number of aromatic nitrogens is 2. The summed E-state index contributed by atoms with van der Waals surface area (Å²) in [4.78, 5) is 14.6. The molecule has 128 valence electrons. The highest BCUT2D eigenvalue weighted by atomic mass is 16.5. The van der Waals surface area contributed by atoms with E-state index in [0.29, 0.717) is 6.10 Å². The molecule has 0 aromatic carbocycles. The van der Waals surface area contributed by atoms with Crippen LogP contribution < -0.4 is 10.6 Å². The lowest BCUT2D eigenvalue weighted by Crippen LogP contribution is -2.47. The quantitative estimate of drug-likeness (QED) is 0.881. The van der Waals surface area contributed by atoms with E-state index in [9.17, 15) is 4.79 Å². The maximum Gasteiger partial charge on any atom is 0.319 e. The Bertz CT molecular complexity index is 531. The number of amides is 2. The molecule has 1 unspecified atom stereocenters. The zero-order valence-corrected chi connectivity index (χ0v) is 14.0. The highest BCUT2D eigenvalue weighted by Crippen LogP contribution is 2.17. The molecule has 7 heteroatoms. The molecule has 1 aromatic rings. The number of aryl methyl sites for hydroxylation is 1. The second-order valence-electron chi connectivity index (χ2n) is 6.58. The van der Waals surface area contributed by atoms with E-state index in [2.05, 4.69) is 20.6 Å². The van der Waals surface area contributed by atoms with Gasteiger partial charge in [0.2, 0.25) is 0 Å². The summed E-state index contributed by atoms with van der Waals surface area (Å²) in [5.74, 6) is 0. The van der Waals surface area contributed by atoms with Crippen molar-refractivity contribution >= 4 is 11.7 Å². The molecule has 0 saturated carbocycles. The van der Waals surface area contributed by atoms with Gasteiger partial charge < -0.3 is 20.3 Å². The number of rotatable bonds is 4. The zero-order valence-electron chi connectivity index (χ0n) is 14.0. The molecule has 2 fully saturated rings. The summed E-state index contributed by atoms with van der Waals surface area (Å²) in [6.07, 6.45) is 6.45. The third kappa shape index (κ3) is 4.23. The molecular weight excluding hydrogens is 294 g/mol. The van der Waals surface area contributed by atoms with Crippen LogP contribution in [0.25, 0.3) is 0 Å². The van der Waals surface area contributed by atoms with Crippen molar-refractivity contribution in [3.05, 3.63) is 11.9 Å². The van der Waals surface area contributed by atoms with Gasteiger partial charge in [-0.1, -0.05) is 0 Å². The first-order valence-electron chi connectivity index (χ1n) is 8.52. The van der Waals surface area contributed by atoms with Crippen LogP contribution in [0.2, 0.25) is 0 Å². The van der Waals surface area contributed by atoms with Crippen LogP contribution in [0, 0.1) is 6.92 Å². The number of nitrogens with zero attached hydrogens (tertiary/aromatic N) is 3. The predicted octanol–water partition coefficient (Wildman–Crippen LogP) is 1.49. The van der Waals surface area contributed by atoms with Crippen LogP contribution in [0.5, 0.6) is 0 Å². The fraction of sp³-hybridized carbons (Fsp3) is 0.750. The maximum absolute atomic E-state index is 12.1. The van der Waals surface area contributed by atoms with Crippen LogP contribution in [0.1, 0.15) is 31.4 Å². The first-order valence-corrected chi connectivity index (χ1v) is 8.52. The van der Waals surface area contributed by atoms with E-state index in [4.69, 9.17) is 4.74 Å². The van der Waals surface area contributed by atoms with E-state index in [1.165, 1.54) is 12.8 Å². The number of urea groups is 1. The molecule has 2 amide bonds. The van der Waals surface area contributed by atoms with Gasteiger partial charge in [0.05, 0.1) is 23.7 Å². The molecule has 2 N–H and O–H groups in total. The van der Waals surface area contributed by atoms with Gasteiger partial charge in [-0.3, -0.25) is 4.68 Å². The first-order chi connectivity index (χ1) is 11.1. The lowest BCUT2D eigenvalue weighted by atomic mass is 10.0. The molecule has 0 aliphatic carbocycles. The lowest BCUT2D eigenvalue weighted by Gasteiger charge is -2.33. The van der Waals surface area contributed by atoms with E-state index in [-0.39, 0.29) is 12.1 Å². The molecule has 2 aliphatic heterocycles. The third-order valence-corrected chi connectivity index (χ3v) is 4.89. The largest absolute Gasteiger partial charge is 0.377 e. The number of piperidine rings is 1. The van der Waals surface area contributed by atoms with Crippen LogP contribution in [-0.2, 0) is 11.8 Å². The SMILES string of the molecule is Cc1c(NC(=O)NC2CCN(CC3CCCO3)CC2)cnn1C. The molecular formula is C16H27N5O2. The molecule has 2 aliphatic rings.